The second kappa shape index (κ2) is 6.30. The summed E-state index contributed by atoms with van der Waals surface area (Å²) in [7, 11) is 0. The van der Waals surface area contributed by atoms with Crippen molar-refractivity contribution >= 4 is 17.8 Å². The van der Waals surface area contributed by atoms with Crippen LogP contribution in [0.2, 0.25) is 0 Å². The average Bonchev–Trinajstić information content (AvgIpc) is 2.17. The van der Waals surface area contributed by atoms with Crippen LogP contribution in [0.1, 0.15) is 6.92 Å². The molecule has 1 heterocycles. The number of nitrogens with zero attached hydrogens (tertiary/aromatic N) is 1. The van der Waals surface area contributed by atoms with E-state index in [2.05, 4.69) is 4.37 Å². The SMILES string of the molecule is CC=O.c1cnsc1. The number of rotatable bonds is 0. The smallest absolute Gasteiger partial charge is 0.116 e. The summed E-state index contributed by atoms with van der Waals surface area (Å²) < 4.78 is 3.76. The van der Waals surface area contributed by atoms with Crippen LogP contribution in [0.3, 0.4) is 0 Å². The van der Waals surface area contributed by atoms with Crippen LogP contribution >= 0.6 is 11.5 Å². The molecule has 2 nitrogen and oxygen atoms in total. The molecule has 1 aromatic heterocycles. The Labute approximate surface area is 52.3 Å². The Morgan fingerprint density at radius 2 is 2.38 bits per heavy atom. The summed E-state index contributed by atoms with van der Waals surface area (Å²) in [5, 5.41) is 1.93. The highest BCUT2D eigenvalue weighted by Gasteiger charge is 1.59. The Morgan fingerprint density at radius 1 is 1.75 bits per heavy atom. The molecule has 0 atom stereocenters. The molecule has 0 bridgehead atoms. The number of aldehydes is 1. The summed E-state index contributed by atoms with van der Waals surface area (Å²) in [6.45, 7) is 1.44. The fourth-order valence-corrected chi connectivity index (χ4v) is 0.527. The summed E-state index contributed by atoms with van der Waals surface area (Å²) in [6, 6.07) is 1.91. The van der Waals surface area contributed by atoms with Crippen LogP contribution in [-0.2, 0) is 4.79 Å². The number of hydrogen-bond acceptors (Lipinski definition) is 3. The lowest BCUT2D eigenvalue weighted by Gasteiger charge is -1.41. The van der Waals surface area contributed by atoms with E-state index in [4.69, 9.17) is 4.79 Å². The van der Waals surface area contributed by atoms with Crippen molar-refractivity contribution in [2.24, 2.45) is 0 Å². The standard InChI is InChI=1S/C3H3NS.C2H4O/c1-2-4-5-3-1;1-2-3/h1-3H;2H,1H3. The van der Waals surface area contributed by atoms with Crippen molar-refractivity contribution in [1.82, 2.24) is 4.37 Å². The molecule has 3 heteroatoms. The van der Waals surface area contributed by atoms with Gasteiger partial charge in [-0.25, -0.2) is 4.37 Å². The summed E-state index contributed by atoms with van der Waals surface area (Å²) in [5.74, 6) is 0. The molecule has 0 aliphatic carbocycles. The largest absolute Gasteiger partial charge is 0.304 e. The van der Waals surface area contributed by atoms with Crippen molar-refractivity contribution in [2.45, 2.75) is 6.92 Å². The van der Waals surface area contributed by atoms with Crippen molar-refractivity contribution in [3.05, 3.63) is 17.6 Å². The molecule has 0 unspecified atom stereocenters. The third-order valence-corrected chi connectivity index (χ3v) is 0.869. The molecule has 0 N–H and O–H groups in total. The van der Waals surface area contributed by atoms with Gasteiger partial charge in [-0.1, -0.05) is 0 Å². The van der Waals surface area contributed by atoms with Crippen LogP contribution in [0.15, 0.2) is 17.6 Å². The van der Waals surface area contributed by atoms with Crippen molar-refractivity contribution in [3.63, 3.8) is 0 Å². The van der Waals surface area contributed by atoms with E-state index in [1.807, 2.05) is 11.4 Å². The zero-order chi connectivity index (χ0) is 6.24. The fraction of sp³-hybridized carbons (Fsp3) is 0.200. The molecule has 44 valence electrons. The third-order valence-electron chi connectivity index (χ3n) is 0.347. The molecular formula is C5H7NOS. The van der Waals surface area contributed by atoms with Gasteiger partial charge in [-0.15, -0.1) is 0 Å². The first-order valence-electron chi connectivity index (χ1n) is 2.16. The van der Waals surface area contributed by atoms with Crippen LogP contribution in [0.25, 0.3) is 0 Å². The maximum Gasteiger partial charge on any atom is 0.116 e. The molecule has 0 spiro atoms. The van der Waals surface area contributed by atoms with Gasteiger partial charge in [0.2, 0.25) is 0 Å². The molecule has 0 fully saturated rings. The number of hydrogen-bond donors (Lipinski definition) is 0. The summed E-state index contributed by atoms with van der Waals surface area (Å²) in [6.07, 6.45) is 2.52. The van der Waals surface area contributed by atoms with Crippen molar-refractivity contribution in [3.8, 4) is 0 Å². The molecular weight excluding hydrogens is 122 g/mol. The first kappa shape index (κ1) is 7.30. The van der Waals surface area contributed by atoms with Gasteiger partial charge in [0, 0.05) is 11.6 Å². The molecule has 0 aliphatic heterocycles. The van der Waals surface area contributed by atoms with Crippen molar-refractivity contribution in [2.75, 3.05) is 0 Å². The number of carbonyl (C=O) groups is 1. The quantitative estimate of drug-likeness (QED) is 0.495. The van der Waals surface area contributed by atoms with Gasteiger partial charge >= 0.3 is 0 Å². The number of aromatic nitrogens is 1. The minimum Gasteiger partial charge on any atom is -0.304 e. The molecule has 0 aromatic carbocycles. The monoisotopic (exact) mass is 129 g/mol. The van der Waals surface area contributed by atoms with E-state index in [0.29, 0.717) is 0 Å². The Bertz CT molecular complexity index is 98.8. The Kier molecular flexibility index (Phi) is 5.75. The highest BCUT2D eigenvalue weighted by Crippen LogP contribution is 1.83. The predicted molar refractivity (Wildman–Crippen MR) is 33.9 cm³/mol. The van der Waals surface area contributed by atoms with Gasteiger partial charge in [0.05, 0.1) is 0 Å². The zero-order valence-corrected chi connectivity index (χ0v) is 5.39. The first-order chi connectivity index (χ1) is 3.91. The lowest BCUT2D eigenvalue weighted by Crippen LogP contribution is -1.36. The van der Waals surface area contributed by atoms with E-state index < -0.39 is 0 Å². The minimum atomic E-state index is 0.750. The fourth-order valence-electron chi connectivity index (χ4n) is 0.176. The normalized spacial score (nSPS) is 6.62. The van der Waals surface area contributed by atoms with Gasteiger partial charge in [-0.3, -0.25) is 0 Å². The van der Waals surface area contributed by atoms with Gasteiger partial charge in [-0.2, -0.15) is 0 Å². The molecule has 0 saturated heterocycles. The van der Waals surface area contributed by atoms with Crippen LogP contribution in [0.4, 0.5) is 0 Å². The maximum atomic E-state index is 8.81. The van der Waals surface area contributed by atoms with Gasteiger partial charge < -0.3 is 4.79 Å². The number of carbonyl (C=O) groups excluding carboxylic acids is 1. The van der Waals surface area contributed by atoms with Crippen LogP contribution in [0, 0.1) is 0 Å². The lowest BCUT2D eigenvalue weighted by atomic mass is 10.8. The van der Waals surface area contributed by atoms with Crippen LogP contribution in [-0.4, -0.2) is 10.7 Å². The molecule has 0 saturated carbocycles. The van der Waals surface area contributed by atoms with E-state index in [1.165, 1.54) is 18.5 Å². The van der Waals surface area contributed by atoms with E-state index in [-0.39, 0.29) is 0 Å². The third kappa shape index (κ3) is 5.30. The molecule has 1 rings (SSSR count). The minimum absolute atomic E-state index is 0.750. The van der Waals surface area contributed by atoms with E-state index in [9.17, 15) is 0 Å². The summed E-state index contributed by atoms with van der Waals surface area (Å²) in [5.41, 5.74) is 0. The highest BCUT2D eigenvalue weighted by atomic mass is 32.1. The van der Waals surface area contributed by atoms with Gasteiger partial charge in [0.1, 0.15) is 6.29 Å². The van der Waals surface area contributed by atoms with E-state index >= 15 is 0 Å². The van der Waals surface area contributed by atoms with Crippen LogP contribution < -0.4 is 0 Å². The lowest BCUT2D eigenvalue weighted by molar-refractivity contribution is -0.106. The maximum absolute atomic E-state index is 8.81. The van der Waals surface area contributed by atoms with Gasteiger partial charge in [-0.05, 0) is 24.5 Å². The Hall–Kier alpha value is -0.700. The summed E-state index contributed by atoms with van der Waals surface area (Å²) in [4.78, 5) is 8.81. The second-order valence-corrected chi connectivity index (χ2v) is 1.62. The molecule has 8 heavy (non-hydrogen) atoms. The Morgan fingerprint density at radius 3 is 2.50 bits per heavy atom. The Balaban J connectivity index is 0.000000145. The predicted octanol–water partition coefficient (Wildman–Crippen LogP) is 1.35. The van der Waals surface area contributed by atoms with Gasteiger partial charge in [0.25, 0.3) is 0 Å². The van der Waals surface area contributed by atoms with Crippen molar-refractivity contribution in [1.29, 1.82) is 0 Å². The van der Waals surface area contributed by atoms with Gasteiger partial charge in [0.15, 0.2) is 0 Å². The molecule has 1 aromatic rings. The highest BCUT2D eigenvalue weighted by molar-refractivity contribution is 7.03. The zero-order valence-electron chi connectivity index (χ0n) is 4.57. The van der Waals surface area contributed by atoms with E-state index in [0.717, 1.165) is 6.29 Å². The van der Waals surface area contributed by atoms with E-state index in [1.54, 1.807) is 6.20 Å². The summed E-state index contributed by atoms with van der Waals surface area (Å²) >= 11 is 1.46. The molecule has 0 amide bonds. The second-order valence-electron chi connectivity index (χ2n) is 0.924. The van der Waals surface area contributed by atoms with Crippen LogP contribution in [0.5, 0.6) is 0 Å². The first-order valence-corrected chi connectivity index (χ1v) is 2.99. The molecule has 0 radical (unpaired) electrons. The topological polar surface area (TPSA) is 30.0 Å². The van der Waals surface area contributed by atoms with Crippen molar-refractivity contribution < 1.29 is 4.79 Å². The average molecular weight is 129 g/mol. The molecule has 0 aliphatic rings.